The zero-order valence-corrected chi connectivity index (χ0v) is 20.4. The lowest BCUT2D eigenvalue weighted by molar-refractivity contribution is -0.124. The Bertz CT molecular complexity index is 1160. The van der Waals surface area contributed by atoms with Crippen molar-refractivity contribution in [3.8, 4) is 0 Å². The van der Waals surface area contributed by atoms with Crippen molar-refractivity contribution in [1.29, 1.82) is 5.41 Å². The standard InChI is InChI=1S/C22H27F5N4O3S/c1-5-34-20-8-14-11-31(21(28)17(14)10-18(20)22(33)29-2)12-19(32)13-6-15(30(3)4)9-16(7-13)35(23,24,25,26)27/h6-9,18,28H,5,10-12H2,1-4H3,(H,29,33). The SMILES string of the molecule is CCOC1=CC2=C(CC1C(=O)NC)C(=N)N(CC(=O)c1cc(N(C)C)cc(S(F)(F)(F)(F)F)c1)C2. The van der Waals surface area contributed by atoms with Crippen LogP contribution in [0.3, 0.4) is 0 Å². The first kappa shape index (κ1) is 26.5. The normalized spacial score (nSPS) is 20.0. The van der Waals surface area contributed by atoms with Gasteiger partial charge in [0.1, 0.15) is 16.5 Å². The second-order valence-corrected chi connectivity index (χ2v) is 11.0. The number of anilines is 1. The fraction of sp³-hybridized carbons (Fsp3) is 0.409. The first-order valence-electron chi connectivity index (χ1n) is 10.7. The fourth-order valence-corrected chi connectivity index (χ4v) is 4.68. The lowest BCUT2D eigenvalue weighted by atomic mass is 9.88. The van der Waals surface area contributed by atoms with Gasteiger partial charge in [-0.15, -0.1) is 0 Å². The molecule has 0 saturated heterocycles. The van der Waals surface area contributed by atoms with Gasteiger partial charge in [-0.2, -0.15) is 0 Å². The Kier molecular flexibility index (Phi) is 6.25. The summed E-state index contributed by atoms with van der Waals surface area (Å²) >= 11 is 0. The van der Waals surface area contributed by atoms with Gasteiger partial charge in [-0.1, -0.05) is 19.4 Å². The summed E-state index contributed by atoms with van der Waals surface area (Å²) in [6, 6.07) is 1.59. The van der Waals surface area contributed by atoms with Crippen molar-refractivity contribution in [3.05, 3.63) is 46.7 Å². The van der Waals surface area contributed by atoms with E-state index in [-0.39, 0.29) is 36.5 Å². The van der Waals surface area contributed by atoms with Crippen molar-refractivity contribution in [2.45, 2.75) is 18.2 Å². The van der Waals surface area contributed by atoms with Crippen molar-refractivity contribution in [3.63, 3.8) is 0 Å². The Morgan fingerprint density at radius 3 is 2.40 bits per heavy atom. The number of ketones is 1. The number of rotatable bonds is 8. The first-order chi connectivity index (χ1) is 15.9. The zero-order valence-electron chi connectivity index (χ0n) is 19.6. The van der Waals surface area contributed by atoms with Crippen molar-refractivity contribution in [2.75, 3.05) is 45.7 Å². The minimum atomic E-state index is -10.0. The predicted octanol–water partition coefficient (Wildman–Crippen LogP) is 4.87. The molecule has 1 unspecified atom stereocenters. The molecule has 1 aliphatic heterocycles. The summed E-state index contributed by atoms with van der Waals surface area (Å²) in [6.45, 7) is 1.68. The van der Waals surface area contributed by atoms with Gasteiger partial charge in [0.2, 0.25) is 5.91 Å². The molecule has 0 bridgehead atoms. The van der Waals surface area contributed by atoms with Crippen LogP contribution in [0, 0.1) is 11.3 Å². The molecule has 0 aromatic heterocycles. The smallest absolute Gasteiger partial charge is 0.310 e. The highest BCUT2D eigenvalue weighted by atomic mass is 32.5. The van der Waals surface area contributed by atoms with Crippen LogP contribution in [0.1, 0.15) is 23.7 Å². The molecular weight excluding hydrogens is 495 g/mol. The van der Waals surface area contributed by atoms with Gasteiger partial charge in [0.15, 0.2) is 5.78 Å². The number of nitrogens with zero attached hydrogens (tertiary/aromatic N) is 2. The van der Waals surface area contributed by atoms with E-state index in [1.54, 1.807) is 13.0 Å². The second-order valence-electron chi connectivity index (χ2n) is 8.56. The van der Waals surface area contributed by atoms with Crippen molar-refractivity contribution < 1.29 is 33.8 Å². The molecule has 3 rings (SSSR count). The maximum absolute atomic E-state index is 13.5. The number of amides is 1. The highest BCUT2D eigenvalue weighted by Gasteiger charge is 2.65. The van der Waals surface area contributed by atoms with Gasteiger partial charge in [0.05, 0.1) is 19.1 Å². The Hall–Kier alpha value is -3.09. The van der Waals surface area contributed by atoms with E-state index in [4.69, 9.17) is 10.1 Å². The lowest BCUT2D eigenvalue weighted by Crippen LogP contribution is -2.34. The van der Waals surface area contributed by atoms with Gasteiger partial charge in [-0.3, -0.25) is 15.0 Å². The molecule has 1 heterocycles. The second kappa shape index (κ2) is 8.25. The largest absolute Gasteiger partial charge is 0.497 e. The third kappa shape index (κ3) is 5.60. The average Bonchev–Trinajstić information content (AvgIpc) is 3.05. The van der Waals surface area contributed by atoms with E-state index in [2.05, 4.69) is 5.32 Å². The third-order valence-electron chi connectivity index (χ3n) is 5.80. The summed E-state index contributed by atoms with van der Waals surface area (Å²) in [5.74, 6) is -1.44. The number of benzene rings is 1. The zero-order chi connectivity index (χ0) is 26.4. The summed E-state index contributed by atoms with van der Waals surface area (Å²) in [6.07, 6.45) is 1.80. The Morgan fingerprint density at radius 2 is 1.86 bits per heavy atom. The number of carbonyl (C=O) groups excluding carboxylic acids is 2. The molecule has 1 atom stereocenters. The summed E-state index contributed by atoms with van der Waals surface area (Å²) in [7, 11) is -5.81. The van der Waals surface area contributed by atoms with Crippen LogP contribution in [-0.4, -0.2) is 63.3 Å². The number of hydrogen-bond acceptors (Lipinski definition) is 5. The summed E-state index contributed by atoms with van der Waals surface area (Å²) in [5, 5.41) is 11.0. The van der Waals surface area contributed by atoms with Crippen LogP contribution >= 0.6 is 10.2 Å². The number of amidine groups is 1. The number of halogens is 5. The summed E-state index contributed by atoms with van der Waals surface area (Å²) in [5.41, 5.74) is 0.433. The Morgan fingerprint density at radius 1 is 1.20 bits per heavy atom. The molecule has 7 nitrogen and oxygen atoms in total. The lowest BCUT2D eigenvalue weighted by Gasteiger charge is -2.41. The highest BCUT2D eigenvalue weighted by Crippen LogP contribution is 3.02. The topological polar surface area (TPSA) is 85.7 Å². The quantitative estimate of drug-likeness (QED) is 0.376. The van der Waals surface area contributed by atoms with E-state index in [9.17, 15) is 29.0 Å². The number of nitrogens with one attached hydrogen (secondary N) is 2. The van der Waals surface area contributed by atoms with E-state index in [1.165, 1.54) is 30.9 Å². The number of carbonyl (C=O) groups is 2. The molecule has 194 valence electrons. The molecule has 2 N–H and O–H groups in total. The van der Waals surface area contributed by atoms with E-state index >= 15 is 0 Å². The van der Waals surface area contributed by atoms with E-state index in [1.807, 2.05) is 0 Å². The van der Waals surface area contributed by atoms with Gasteiger partial charge >= 0.3 is 10.2 Å². The molecule has 35 heavy (non-hydrogen) atoms. The molecule has 1 amide bonds. The van der Waals surface area contributed by atoms with Crippen LogP contribution < -0.4 is 10.2 Å². The van der Waals surface area contributed by atoms with Crippen LogP contribution in [0.5, 0.6) is 0 Å². The van der Waals surface area contributed by atoms with Crippen molar-refractivity contribution in [1.82, 2.24) is 10.2 Å². The molecule has 0 radical (unpaired) electrons. The van der Waals surface area contributed by atoms with Gasteiger partial charge in [-0.25, -0.2) is 0 Å². The van der Waals surface area contributed by atoms with Crippen LogP contribution in [0.15, 0.2) is 46.1 Å². The number of hydrogen-bond donors (Lipinski definition) is 2. The van der Waals surface area contributed by atoms with Gasteiger partial charge in [0, 0.05) is 44.5 Å². The molecule has 1 aromatic rings. The minimum Gasteiger partial charge on any atom is -0.497 e. The molecule has 0 spiro atoms. The summed E-state index contributed by atoms with van der Waals surface area (Å²) < 4.78 is 73.1. The molecule has 2 aliphatic rings. The maximum atomic E-state index is 13.5. The Labute approximate surface area is 199 Å². The monoisotopic (exact) mass is 522 g/mol. The average molecular weight is 523 g/mol. The molecular formula is C22H27F5N4O3S. The van der Waals surface area contributed by atoms with E-state index < -0.39 is 38.9 Å². The van der Waals surface area contributed by atoms with Crippen LogP contribution in [0.2, 0.25) is 0 Å². The maximum Gasteiger partial charge on any atom is 0.310 e. The number of ether oxygens (including phenoxy) is 1. The minimum absolute atomic E-state index is 0.0502. The van der Waals surface area contributed by atoms with Crippen molar-refractivity contribution >= 4 is 33.4 Å². The van der Waals surface area contributed by atoms with E-state index in [0.29, 0.717) is 29.6 Å². The van der Waals surface area contributed by atoms with E-state index in [0.717, 1.165) is 6.07 Å². The summed E-state index contributed by atoms with van der Waals surface area (Å²) in [4.78, 5) is 25.6. The van der Waals surface area contributed by atoms with Crippen LogP contribution in [0.4, 0.5) is 25.1 Å². The molecule has 0 saturated carbocycles. The molecule has 1 aliphatic carbocycles. The molecule has 1 aromatic carbocycles. The third-order valence-corrected chi connectivity index (χ3v) is 6.93. The van der Waals surface area contributed by atoms with Crippen LogP contribution in [-0.2, 0) is 9.53 Å². The molecule has 0 fully saturated rings. The van der Waals surface area contributed by atoms with Gasteiger partial charge in [0.25, 0.3) is 0 Å². The number of Topliss-reactive ketones (excluding diaryl/α,β-unsaturated/α-hetero) is 1. The van der Waals surface area contributed by atoms with Crippen molar-refractivity contribution in [2.24, 2.45) is 5.92 Å². The Balaban J connectivity index is 1.88. The van der Waals surface area contributed by atoms with Gasteiger partial charge in [-0.05, 0) is 43.2 Å². The molecule has 13 heteroatoms. The van der Waals surface area contributed by atoms with Gasteiger partial charge < -0.3 is 19.9 Å². The predicted molar refractivity (Wildman–Crippen MR) is 125 cm³/mol. The first-order valence-corrected chi connectivity index (χ1v) is 12.6. The highest BCUT2D eigenvalue weighted by molar-refractivity contribution is 8.45. The van der Waals surface area contributed by atoms with Crippen LogP contribution in [0.25, 0.3) is 0 Å². The fourth-order valence-electron chi connectivity index (χ4n) is 3.99.